The maximum atomic E-state index is 13.5. The summed E-state index contributed by atoms with van der Waals surface area (Å²) in [5.41, 5.74) is 15.1. The lowest BCUT2D eigenvalue weighted by Crippen LogP contribution is -2.27. The van der Waals surface area contributed by atoms with Crippen molar-refractivity contribution >= 4 is 178 Å². The van der Waals surface area contributed by atoms with Crippen molar-refractivity contribution in [1.29, 1.82) is 0 Å². The van der Waals surface area contributed by atoms with Gasteiger partial charge in [-0.05, 0) is 310 Å². The van der Waals surface area contributed by atoms with Crippen LogP contribution in [-0.2, 0) is 0 Å². The molecule has 14 N–H and O–H groups in total. The van der Waals surface area contributed by atoms with Crippen LogP contribution in [0.1, 0.15) is 195 Å². The lowest BCUT2D eigenvalue weighted by Gasteiger charge is -2.21. The van der Waals surface area contributed by atoms with E-state index in [9.17, 15) is 4.39 Å². The third-order valence-corrected chi connectivity index (χ3v) is 20.8. The summed E-state index contributed by atoms with van der Waals surface area (Å²) in [6.45, 7) is 61.4. The number of aromatic nitrogens is 15. The topological polar surface area (TPSA) is 362 Å². The quantitative estimate of drug-likeness (QED) is 0.0318. The van der Waals surface area contributed by atoms with E-state index in [1.54, 1.807) is 48.4 Å². The first-order valence-corrected chi connectivity index (χ1v) is 48.6. The molecular formula is C108H139Cl3FN29S. The first kappa shape index (κ1) is 112. The van der Waals surface area contributed by atoms with Gasteiger partial charge in [0.25, 0.3) is 0 Å². The number of nitrogens with one attached hydrogen (secondary N) is 14. The Kier molecular flexibility index (Phi) is 39.2. The molecule has 15 aromatic rings. The number of para-hydroxylation sites is 1. The third kappa shape index (κ3) is 39.9. The first-order valence-electron chi connectivity index (χ1n) is 46.6. The minimum Gasteiger partial charge on any atom is -0.350 e. The van der Waals surface area contributed by atoms with Crippen LogP contribution in [0.4, 0.5) is 127 Å². The summed E-state index contributed by atoms with van der Waals surface area (Å²) in [7, 11) is 0. The van der Waals surface area contributed by atoms with Crippen molar-refractivity contribution in [3.05, 3.63) is 284 Å². The molecule has 34 heteroatoms. The molecule has 0 atom stereocenters. The standard InChI is InChI=1S/C17H20N4S.C16H21ClN4.C16H22N4.C15H18ClFN4.C15H19ClN4.C15H20N4.C14H19N5/c1-11-9-18-16(21-17(2,3)4)20-15(11)19-13-10-22-14-8-6-5-7-12(13)14;1-10-8-12(6-7-13(10)17)19-14-11(2)9-18-15(20-14)21-16(3,4)5;1-11-6-8-13(9-7-11)18-14-12(2)10-17-15(19-14)20-16(3,4)5;1-9-8-18-14(21-15(2,3)4)20-13(9)19-10-5-6-11(16)12(17)7-10;1-10-9-17-14(20-15(2,3)4)19-13(10)18-12-7-5-6-11(16)8-12;1-11-10-16-14(19-15(2,3)4)18-13(11)17-12-8-6-5-7-9-12;1-10-8-16-13(19-14(2,3)4)18-12(10)17-11-6-5-7-15-9-11/h5-10H,1-4H3,(H2,18,19,20,21);6-9H,1-5H3,(H2,18,19,20,21);6-10H,1-5H3,(H2,17,18,19,20);5-8H,1-4H3,(H2,18,19,20,21);5-9H,1-4H3,(H2,17,18,19,20);5-10H,1-4H3,(H2,16,17,18,19);5-9H,1-4H3,(H2,16,17,18,19). The number of anilines is 21. The first-order chi connectivity index (χ1) is 66.4. The number of fused-ring (bicyclic) bond motifs is 1. The van der Waals surface area contributed by atoms with Crippen LogP contribution in [0.2, 0.25) is 15.1 Å². The number of thiophene rings is 1. The van der Waals surface area contributed by atoms with Crippen molar-refractivity contribution in [2.75, 3.05) is 74.4 Å². The molecule has 0 spiro atoms. The summed E-state index contributed by atoms with van der Waals surface area (Å²) in [5.74, 6) is 9.26. The third-order valence-electron chi connectivity index (χ3n) is 18.9. The number of pyridine rings is 1. The van der Waals surface area contributed by atoms with E-state index in [0.717, 1.165) is 119 Å². The van der Waals surface area contributed by atoms with E-state index in [2.05, 4.69) is 323 Å². The molecule has 6 aromatic carbocycles. The lowest BCUT2D eigenvalue weighted by atomic mass is 10.1. The summed E-state index contributed by atoms with van der Waals surface area (Å²) in [4.78, 5) is 65.8. The van der Waals surface area contributed by atoms with Gasteiger partial charge < -0.3 is 74.4 Å². The number of benzene rings is 6. The molecule has 750 valence electrons. The molecule has 0 radical (unpaired) electrons. The monoisotopic (exact) mass is 2000 g/mol. The number of halogens is 4. The summed E-state index contributed by atoms with van der Waals surface area (Å²) in [6.07, 6.45) is 16.1. The Balaban J connectivity index is 0.000000185. The van der Waals surface area contributed by atoms with Gasteiger partial charge in [-0.3, -0.25) is 4.98 Å². The van der Waals surface area contributed by atoms with Crippen LogP contribution in [-0.4, -0.2) is 114 Å². The molecule has 0 aliphatic heterocycles. The van der Waals surface area contributed by atoms with Gasteiger partial charge in [0, 0.05) is 181 Å². The number of hydrogen-bond donors (Lipinski definition) is 14. The highest BCUT2D eigenvalue weighted by molar-refractivity contribution is 7.17. The van der Waals surface area contributed by atoms with Crippen LogP contribution in [0.25, 0.3) is 10.1 Å². The average molecular weight is 2000 g/mol. The largest absolute Gasteiger partial charge is 0.350 e. The van der Waals surface area contributed by atoms with Gasteiger partial charge in [0.1, 0.15) is 46.5 Å². The molecule has 0 fully saturated rings. The number of nitrogens with zero attached hydrogens (tertiary/aromatic N) is 15. The fourth-order valence-corrected chi connectivity index (χ4v) is 13.5. The van der Waals surface area contributed by atoms with Crippen molar-refractivity contribution < 1.29 is 4.39 Å². The molecule has 0 amide bonds. The smallest absolute Gasteiger partial charge is 0.225 e. The van der Waals surface area contributed by atoms with Gasteiger partial charge in [-0.1, -0.05) is 95.0 Å². The fraction of sp³-hybridized carbons (Fsp3) is 0.343. The molecule has 15 rings (SSSR count). The van der Waals surface area contributed by atoms with E-state index in [1.807, 2.05) is 198 Å². The van der Waals surface area contributed by atoms with E-state index in [0.29, 0.717) is 58.2 Å². The predicted octanol–water partition coefficient (Wildman–Crippen LogP) is 29.5. The van der Waals surface area contributed by atoms with Gasteiger partial charge in [-0.2, -0.15) is 34.9 Å². The average Bonchev–Trinajstić information content (AvgIpc) is 1.67. The molecule has 0 aliphatic carbocycles. The Labute approximate surface area is 856 Å². The van der Waals surface area contributed by atoms with Gasteiger partial charge in [0.2, 0.25) is 41.6 Å². The second-order valence-electron chi connectivity index (χ2n) is 41.3. The molecular weight excluding hydrogens is 1860 g/mol. The second-order valence-corrected chi connectivity index (χ2v) is 43.5. The molecule has 0 saturated heterocycles. The summed E-state index contributed by atoms with van der Waals surface area (Å²) < 4.78 is 14.7. The van der Waals surface area contributed by atoms with E-state index < -0.39 is 5.82 Å². The Hall–Kier alpha value is -14.0. The fourth-order valence-electron chi connectivity index (χ4n) is 12.2. The van der Waals surface area contributed by atoms with Crippen LogP contribution in [0, 0.1) is 68.1 Å². The Morgan fingerprint density at radius 3 is 0.880 bits per heavy atom. The van der Waals surface area contributed by atoms with Crippen molar-refractivity contribution in [1.82, 2.24) is 74.8 Å². The number of hydrogen-bond acceptors (Lipinski definition) is 30. The molecule has 142 heavy (non-hydrogen) atoms. The van der Waals surface area contributed by atoms with Crippen LogP contribution in [0.5, 0.6) is 0 Å². The predicted molar refractivity (Wildman–Crippen MR) is 597 cm³/mol. The Morgan fingerprint density at radius 2 is 0.549 bits per heavy atom. The lowest BCUT2D eigenvalue weighted by molar-refractivity contribution is 0.625. The summed E-state index contributed by atoms with van der Waals surface area (Å²) in [5, 5.41) is 50.7. The summed E-state index contributed by atoms with van der Waals surface area (Å²) in [6, 6.07) is 48.4. The van der Waals surface area contributed by atoms with Gasteiger partial charge in [0.05, 0.1) is 22.6 Å². The highest BCUT2D eigenvalue weighted by Crippen LogP contribution is 2.35. The van der Waals surface area contributed by atoms with Crippen molar-refractivity contribution in [3.63, 3.8) is 0 Å². The molecule has 0 bridgehead atoms. The maximum absolute atomic E-state index is 13.5. The van der Waals surface area contributed by atoms with Crippen molar-refractivity contribution in [3.8, 4) is 0 Å². The minimum atomic E-state index is -0.471. The Bertz CT molecular complexity index is 6390. The zero-order valence-electron chi connectivity index (χ0n) is 87.3. The van der Waals surface area contributed by atoms with Crippen molar-refractivity contribution in [2.24, 2.45) is 0 Å². The van der Waals surface area contributed by atoms with Crippen LogP contribution < -0.4 is 74.4 Å². The van der Waals surface area contributed by atoms with Gasteiger partial charge in [-0.25, -0.2) is 39.3 Å². The maximum Gasteiger partial charge on any atom is 0.225 e. The van der Waals surface area contributed by atoms with E-state index in [-0.39, 0.29) is 43.8 Å². The van der Waals surface area contributed by atoms with Crippen LogP contribution in [0.3, 0.4) is 0 Å². The minimum absolute atomic E-state index is 0.0563. The Morgan fingerprint density at radius 1 is 0.261 bits per heavy atom. The zero-order chi connectivity index (χ0) is 104. The number of aryl methyl sites for hydroxylation is 9. The summed E-state index contributed by atoms with van der Waals surface area (Å²) >= 11 is 19.4. The molecule has 0 unspecified atom stereocenters. The number of rotatable bonds is 21. The normalized spacial score (nSPS) is 11.3. The highest BCUT2D eigenvalue weighted by atomic mass is 35.5. The second kappa shape index (κ2) is 49.9. The van der Waals surface area contributed by atoms with Gasteiger partial charge in [-0.15, -0.1) is 11.3 Å². The highest BCUT2D eigenvalue weighted by Gasteiger charge is 2.22. The van der Waals surface area contributed by atoms with Crippen molar-refractivity contribution in [2.45, 2.75) is 246 Å². The molecule has 9 heterocycles. The molecule has 0 saturated carbocycles. The van der Waals surface area contributed by atoms with Gasteiger partial charge >= 0.3 is 0 Å². The van der Waals surface area contributed by atoms with Crippen LogP contribution in [0.15, 0.2) is 213 Å². The zero-order valence-corrected chi connectivity index (χ0v) is 90.4. The van der Waals surface area contributed by atoms with E-state index in [4.69, 9.17) is 34.8 Å². The molecule has 9 aromatic heterocycles. The van der Waals surface area contributed by atoms with Crippen LogP contribution >= 0.6 is 46.1 Å². The molecule has 0 aliphatic rings. The molecule has 29 nitrogen and oxygen atoms in total. The van der Waals surface area contributed by atoms with E-state index >= 15 is 0 Å². The SMILES string of the molecule is Cc1cc(Nc2nc(NC(C)(C)C)ncc2C)ccc1Cl.Cc1ccc(Nc2nc(NC(C)(C)C)ncc2C)cc1.Cc1cnc(NC(C)(C)C)nc1Nc1ccc(Cl)c(F)c1.Cc1cnc(NC(C)(C)C)nc1Nc1cccc(Cl)c1.Cc1cnc(NC(C)(C)C)nc1Nc1ccccc1.Cc1cnc(NC(C)(C)C)nc1Nc1cccnc1.Cc1cnc(NC(C)(C)C)nc1Nc1csc2ccccc12. The van der Waals surface area contributed by atoms with Gasteiger partial charge in [0.15, 0.2) is 0 Å². The van der Waals surface area contributed by atoms with E-state index in [1.165, 1.54) is 27.8 Å².